The zero-order valence-corrected chi connectivity index (χ0v) is 9.84. The number of carbonyl (C=O) groups excluding carboxylic acids is 1. The molecule has 0 atom stereocenters. The van der Waals surface area contributed by atoms with E-state index < -0.39 is 0 Å². The van der Waals surface area contributed by atoms with E-state index >= 15 is 0 Å². The van der Waals surface area contributed by atoms with Crippen LogP contribution in [0.15, 0.2) is 12.1 Å². The van der Waals surface area contributed by atoms with E-state index in [1.807, 2.05) is 6.07 Å². The summed E-state index contributed by atoms with van der Waals surface area (Å²) in [4.78, 5) is 11.5. The fourth-order valence-corrected chi connectivity index (χ4v) is 2.17. The van der Waals surface area contributed by atoms with Crippen LogP contribution >= 0.6 is 11.6 Å². The van der Waals surface area contributed by atoms with Crippen LogP contribution in [0.4, 0.5) is 0 Å². The number of benzene rings is 1. The van der Waals surface area contributed by atoms with Gasteiger partial charge in [0.05, 0.1) is 6.61 Å². The van der Waals surface area contributed by atoms with Gasteiger partial charge in [0.2, 0.25) is 0 Å². The molecule has 0 saturated heterocycles. The molecule has 1 heterocycles. The first-order chi connectivity index (χ1) is 7.70. The molecular weight excluding hydrogens is 228 g/mol. The van der Waals surface area contributed by atoms with Crippen LogP contribution in [0.3, 0.4) is 0 Å². The minimum atomic E-state index is 0.0301. The number of ketones is 1. The highest BCUT2D eigenvalue weighted by Gasteiger charge is 2.19. The van der Waals surface area contributed by atoms with Crippen molar-refractivity contribution in [1.29, 1.82) is 0 Å². The van der Waals surface area contributed by atoms with Crippen molar-refractivity contribution in [2.45, 2.75) is 12.8 Å². The van der Waals surface area contributed by atoms with Crippen LogP contribution in [0.5, 0.6) is 5.75 Å². The fourth-order valence-electron chi connectivity index (χ4n) is 1.90. The zero-order chi connectivity index (χ0) is 11.5. The van der Waals surface area contributed by atoms with Crippen LogP contribution in [0.25, 0.3) is 0 Å². The maximum atomic E-state index is 11.5. The maximum Gasteiger partial charge on any atom is 0.162 e. The van der Waals surface area contributed by atoms with Gasteiger partial charge in [0.25, 0.3) is 0 Å². The van der Waals surface area contributed by atoms with Crippen molar-refractivity contribution in [3.8, 4) is 5.75 Å². The summed E-state index contributed by atoms with van der Waals surface area (Å²) in [7, 11) is 1.51. The van der Waals surface area contributed by atoms with Gasteiger partial charge in [-0.2, -0.15) is 0 Å². The SMILES string of the molecule is COCC(=O)Cc1cc(Cl)cc2c1OCC2. The topological polar surface area (TPSA) is 35.5 Å². The first kappa shape index (κ1) is 11.4. The van der Waals surface area contributed by atoms with Crippen molar-refractivity contribution in [1.82, 2.24) is 0 Å². The summed E-state index contributed by atoms with van der Waals surface area (Å²) in [6, 6.07) is 3.69. The summed E-state index contributed by atoms with van der Waals surface area (Å²) in [5.41, 5.74) is 1.95. The molecule has 3 nitrogen and oxygen atoms in total. The number of ether oxygens (including phenoxy) is 2. The molecule has 1 aromatic carbocycles. The largest absolute Gasteiger partial charge is 0.493 e. The lowest BCUT2D eigenvalue weighted by molar-refractivity contribution is -0.122. The van der Waals surface area contributed by atoms with Gasteiger partial charge in [-0.05, 0) is 17.7 Å². The molecule has 1 aromatic rings. The number of fused-ring (bicyclic) bond motifs is 1. The summed E-state index contributed by atoms with van der Waals surface area (Å²) < 4.78 is 10.3. The number of hydrogen-bond donors (Lipinski definition) is 0. The van der Waals surface area contributed by atoms with E-state index in [0.717, 1.165) is 23.3 Å². The van der Waals surface area contributed by atoms with Gasteiger partial charge in [-0.3, -0.25) is 4.79 Å². The van der Waals surface area contributed by atoms with E-state index in [2.05, 4.69) is 0 Å². The van der Waals surface area contributed by atoms with Gasteiger partial charge < -0.3 is 9.47 Å². The number of halogens is 1. The van der Waals surface area contributed by atoms with Crippen LogP contribution in [0.1, 0.15) is 11.1 Å². The van der Waals surface area contributed by atoms with Crippen molar-refractivity contribution < 1.29 is 14.3 Å². The molecule has 0 spiro atoms. The molecular formula is C12H13ClO3. The Balaban J connectivity index is 2.23. The molecule has 0 saturated carbocycles. The Morgan fingerprint density at radius 3 is 3.12 bits per heavy atom. The smallest absolute Gasteiger partial charge is 0.162 e. The lowest BCUT2D eigenvalue weighted by Gasteiger charge is -2.08. The average molecular weight is 241 g/mol. The standard InChI is InChI=1S/C12H13ClO3/c1-15-7-11(14)6-9-5-10(13)4-8-2-3-16-12(8)9/h4-5H,2-3,6-7H2,1H3. The number of Topliss-reactive ketones (excluding diaryl/α,β-unsaturated/α-hetero) is 1. The molecule has 0 radical (unpaired) electrons. The molecule has 1 aliphatic heterocycles. The summed E-state index contributed by atoms with van der Waals surface area (Å²) in [6.07, 6.45) is 1.18. The van der Waals surface area contributed by atoms with E-state index in [-0.39, 0.29) is 12.4 Å². The molecule has 0 amide bonds. The van der Waals surface area contributed by atoms with E-state index in [9.17, 15) is 4.79 Å². The molecule has 0 aromatic heterocycles. The zero-order valence-electron chi connectivity index (χ0n) is 9.09. The lowest BCUT2D eigenvalue weighted by atomic mass is 10.0. The van der Waals surface area contributed by atoms with Gasteiger partial charge in [-0.1, -0.05) is 11.6 Å². The Labute approximate surface area is 99.3 Å². The highest BCUT2D eigenvalue weighted by molar-refractivity contribution is 6.30. The van der Waals surface area contributed by atoms with E-state index in [1.165, 1.54) is 7.11 Å². The van der Waals surface area contributed by atoms with Gasteiger partial charge in [0.15, 0.2) is 5.78 Å². The Bertz CT molecular complexity index is 415. The van der Waals surface area contributed by atoms with E-state index in [1.54, 1.807) is 6.07 Å². The Morgan fingerprint density at radius 2 is 2.38 bits per heavy atom. The third-order valence-electron chi connectivity index (χ3n) is 2.52. The van der Waals surface area contributed by atoms with Crippen LogP contribution in [-0.4, -0.2) is 26.1 Å². The van der Waals surface area contributed by atoms with Crippen molar-refractivity contribution in [3.05, 3.63) is 28.3 Å². The van der Waals surface area contributed by atoms with E-state index in [0.29, 0.717) is 18.1 Å². The minimum absolute atomic E-state index is 0.0301. The van der Waals surface area contributed by atoms with Gasteiger partial charge >= 0.3 is 0 Å². The summed E-state index contributed by atoms with van der Waals surface area (Å²) in [5.74, 6) is 0.858. The number of carbonyl (C=O) groups is 1. The molecule has 0 bridgehead atoms. The predicted octanol–water partition coefficient (Wildman–Crippen LogP) is 2.03. The second-order valence-electron chi connectivity index (χ2n) is 3.80. The number of rotatable bonds is 4. The van der Waals surface area contributed by atoms with Crippen LogP contribution in [0, 0.1) is 0 Å². The molecule has 2 rings (SSSR count). The summed E-state index contributed by atoms with van der Waals surface area (Å²) in [5, 5.41) is 0.657. The van der Waals surface area contributed by atoms with Gasteiger partial charge in [0, 0.05) is 30.5 Å². The maximum absolute atomic E-state index is 11.5. The summed E-state index contributed by atoms with van der Waals surface area (Å²) in [6.45, 7) is 0.794. The predicted molar refractivity (Wildman–Crippen MR) is 61.2 cm³/mol. The van der Waals surface area contributed by atoms with Crippen molar-refractivity contribution >= 4 is 17.4 Å². The third kappa shape index (κ3) is 2.36. The second kappa shape index (κ2) is 4.85. The first-order valence-corrected chi connectivity index (χ1v) is 5.53. The second-order valence-corrected chi connectivity index (χ2v) is 4.24. The van der Waals surface area contributed by atoms with Crippen LogP contribution in [-0.2, 0) is 22.4 Å². The molecule has 1 aliphatic rings. The fraction of sp³-hybridized carbons (Fsp3) is 0.417. The van der Waals surface area contributed by atoms with Gasteiger partial charge in [-0.25, -0.2) is 0 Å². The highest BCUT2D eigenvalue weighted by Crippen LogP contribution is 2.33. The molecule has 0 unspecified atom stereocenters. The van der Waals surface area contributed by atoms with Crippen LogP contribution in [0.2, 0.25) is 5.02 Å². The molecule has 0 aliphatic carbocycles. The first-order valence-electron chi connectivity index (χ1n) is 5.15. The summed E-state index contributed by atoms with van der Waals surface area (Å²) >= 11 is 5.99. The quantitative estimate of drug-likeness (QED) is 0.808. The van der Waals surface area contributed by atoms with Crippen LogP contribution < -0.4 is 4.74 Å². The number of hydrogen-bond acceptors (Lipinski definition) is 3. The van der Waals surface area contributed by atoms with Gasteiger partial charge in [0.1, 0.15) is 12.4 Å². The Morgan fingerprint density at radius 1 is 1.56 bits per heavy atom. The van der Waals surface area contributed by atoms with Crippen molar-refractivity contribution in [2.24, 2.45) is 0 Å². The minimum Gasteiger partial charge on any atom is -0.493 e. The Kier molecular flexibility index (Phi) is 3.46. The highest BCUT2D eigenvalue weighted by atomic mass is 35.5. The Hall–Kier alpha value is -1.06. The molecule has 16 heavy (non-hydrogen) atoms. The number of methoxy groups -OCH3 is 1. The average Bonchev–Trinajstić information content (AvgIpc) is 2.65. The van der Waals surface area contributed by atoms with E-state index in [4.69, 9.17) is 21.1 Å². The molecule has 86 valence electrons. The molecule has 4 heteroatoms. The molecule has 0 N–H and O–H groups in total. The normalized spacial score (nSPS) is 13.4. The third-order valence-corrected chi connectivity index (χ3v) is 2.74. The molecule has 0 fully saturated rings. The van der Waals surface area contributed by atoms with Crippen molar-refractivity contribution in [2.75, 3.05) is 20.3 Å². The van der Waals surface area contributed by atoms with Crippen molar-refractivity contribution in [3.63, 3.8) is 0 Å². The lowest BCUT2D eigenvalue weighted by Crippen LogP contribution is -2.10. The monoisotopic (exact) mass is 240 g/mol. The van der Waals surface area contributed by atoms with Gasteiger partial charge in [-0.15, -0.1) is 0 Å².